The summed E-state index contributed by atoms with van der Waals surface area (Å²) < 4.78 is 42.6. The fraction of sp³-hybridized carbons (Fsp3) is 0.526. The first-order valence-corrected chi connectivity index (χ1v) is 10.3. The lowest BCUT2D eigenvalue weighted by Crippen LogP contribution is -2.40. The summed E-state index contributed by atoms with van der Waals surface area (Å²) in [4.78, 5) is 36.7. The molecule has 1 aromatic carbocycles. The van der Waals surface area contributed by atoms with Crippen molar-refractivity contribution in [2.45, 2.75) is 58.1 Å². The lowest BCUT2D eigenvalue weighted by Gasteiger charge is -2.25. The van der Waals surface area contributed by atoms with Crippen molar-refractivity contribution in [1.29, 1.82) is 0 Å². The fourth-order valence-corrected chi connectivity index (χ4v) is 3.05. The molecule has 0 aromatic heterocycles. The maximum Gasteiger partial charge on any atom is 0.335 e. The Labute approximate surface area is 170 Å². The van der Waals surface area contributed by atoms with E-state index in [1.165, 1.54) is 26.2 Å². The number of benzene rings is 1. The number of ether oxygens (including phenoxy) is 2. The van der Waals surface area contributed by atoms with Crippen molar-refractivity contribution in [2.75, 3.05) is 12.4 Å². The Morgan fingerprint density at radius 1 is 1.21 bits per heavy atom. The van der Waals surface area contributed by atoms with Crippen LogP contribution in [0, 0.1) is 12.3 Å². The van der Waals surface area contributed by atoms with Crippen LogP contribution >= 0.6 is 0 Å². The Morgan fingerprint density at radius 2 is 1.79 bits per heavy atom. The molecule has 0 radical (unpaired) electrons. The van der Waals surface area contributed by atoms with Gasteiger partial charge in [-0.1, -0.05) is 26.8 Å². The van der Waals surface area contributed by atoms with E-state index >= 15 is 0 Å². The molecule has 9 nitrogen and oxygen atoms in total. The fourth-order valence-electron chi connectivity index (χ4n) is 2.32. The third-order valence-corrected chi connectivity index (χ3v) is 4.93. The average molecular weight is 429 g/mol. The number of aryl methyl sites for hydroxylation is 1. The smallest absolute Gasteiger partial charge is 0.335 e. The molecule has 1 rings (SSSR count). The normalized spacial score (nSPS) is 14.0. The van der Waals surface area contributed by atoms with E-state index in [0.717, 1.165) is 0 Å². The summed E-state index contributed by atoms with van der Waals surface area (Å²) >= 11 is 0. The van der Waals surface area contributed by atoms with Crippen molar-refractivity contribution in [3.63, 3.8) is 0 Å². The van der Waals surface area contributed by atoms with Gasteiger partial charge in [0.25, 0.3) is 10.1 Å². The van der Waals surface area contributed by atoms with Crippen LogP contribution in [-0.2, 0) is 34.0 Å². The maximum atomic E-state index is 12.6. The summed E-state index contributed by atoms with van der Waals surface area (Å²) in [6.07, 6.45) is -2.85. The van der Waals surface area contributed by atoms with Crippen LogP contribution in [0.2, 0.25) is 0 Å². The van der Waals surface area contributed by atoms with E-state index in [9.17, 15) is 27.4 Å². The van der Waals surface area contributed by atoms with Crippen LogP contribution in [0.1, 0.15) is 39.7 Å². The summed E-state index contributed by atoms with van der Waals surface area (Å²) in [7, 11) is -3.29. The molecule has 0 bridgehead atoms. The predicted octanol–water partition coefficient (Wildman–Crippen LogP) is 2.13. The zero-order valence-corrected chi connectivity index (χ0v) is 18.1. The van der Waals surface area contributed by atoms with E-state index in [4.69, 9.17) is 9.47 Å². The van der Waals surface area contributed by atoms with Crippen molar-refractivity contribution in [1.82, 2.24) is 0 Å². The Morgan fingerprint density at radius 3 is 2.28 bits per heavy atom. The molecule has 0 aliphatic rings. The second-order valence-electron chi connectivity index (χ2n) is 7.64. The number of carbonyl (C=O) groups is 3. The minimum atomic E-state index is -4.59. The van der Waals surface area contributed by atoms with E-state index in [1.54, 1.807) is 33.8 Å². The largest absolute Gasteiger partial charge is 0.452 e. The molecular formula is C19H27NO8S. The number of hydrogen-bond donors (Lipinski definition) is 2. The quantitative estimate of drug-likeness (QED) is 0.474. The highest BCUT2D eigenvalue weighted by Crippen LogP contribution is 2.24. The van der Waals surface area contributed by atoms with Crippen molar-refractivity contribution < 1.29 is 36.8 Å². The standard InChI is InChI=1S/C19H27NO8S/c1-11-7-8-13(15(9-11)29(24,25)26)20-16(21)10-14(17(22)19(3,4)5)28-18(23)12(2)27-6/h7-9,12,14H,10H2,1-6H3,(H,20,21)(H,24,25,26). The van der Waals surface area contributed by atoms with Gasteiger partial charge in [0, 0.05) is 12.5 Å². The van der Waals surface area contributed by atoms with Gasteiger partial charge in [-0.25, -0.2) is 4.79 Å². The SMILES string of the molecule is COC(C)C(=O)OC(CC(=O)Nc1ccc(C)cc1S(=O)(=O)O)C(=O)C(C)(C)C. The molecule has 0 heterocycles. The minimum Gasteiger partial charge on any atom is -0.452 e. The molecule has 2 N–H and O–H groups in total. The molecule has 0 fully saturated rings. The van der Waals surface area contributed by atoms with Gasteiger partial charge in [-0.2, -0.15) is 8.42 Å². The van der Waals surface area contributed by atoms with Gasteiger partial charge in [0.05, 0.1) is 12.1 Å². The minimum absolute atomic E-state index is 0.151. The second kappa shape index (κ2) is 9.47. The van der Waals surface area contributed by atoms with E-state index in [2.05, 4.69) is 5.32 Å². The maximum absolute atomic E-state index is 12.6. The Bertz CT molecular complexity index is 886. The molecular weight excluding hydrogens is 402 g/mol. The van der Waals surface area contributed by atoms with Gasteiger partial charge in [0.2, 0.25) is 5.91 Å². The Balaban J connectivity index is 3.10. The van der Waals surface area contributed by atoms with Crippen LogP contribution < -0.4 is 5.32 Å². The lowest BCUT2D eigenvalue weighted by atomic mass is 9.86. The van der Waals surface area contributed by atoms with Crippen LogP contribution in [0.3, 0.4) is 0 Å². The molecule has 1 aromatic rings. The Hall–Kier alpha value is -2.30. The molecule has 29 heavy (non-hydrogen) atoms. The molecule has 0 spiro atoms. The number of methoxy groups -OCH3 is 1. The molecule has 0 aliphatic carbocycles. The number of Topliss-reactive ketones (excluding diaryl/α,β-unsaturated/α-hetero) is 1. The number of hydrogen-bond acceptors (Lipinski definition) is 7. The predicted molar refractivity (Wildman–Crippen MR) is 105 cm³/mol. The average Bonchev–Trinajstić information content (AvgIpc) is 2.59. The number of anilines is 1. The summed E-state index contributed by atoms with van der Waals surface area (Å²) in [5.74, 6) is -2.06. The van der Waals surface area contributed by atoms with Crippen LogP contribution in [0.5, 0.6) is 0 Å². The van der Waals surface area contributed by atoms with Crippen LogP contribution in [0.4, 0.5) is 5.69 Å². The number of esters is 1. The highest BCUT2D eigenvalue weighted by molar-refractivity contribution is 7.86. The molecule has 2 unspecified atom stereocenters. The van der Waals surface area contributed by atoms with Crippen LogP contribution in [0.25, 0.3) is 0 Å². The van der Waals surface area contributed by atoms with Gasteiger partial charge in [0.1, 0.15) is 4.90 Å². The molecule has 162 valence electrons. The van der Waals surface area contributed by atoms with E-state index in [-0.39, 0.29) is 5.69 Å². The summed E-state index contributed by atoms with van der Waals surface area (Å²) in [6, 6.07) is 4.06. The Kier molecular flexibility index (Phi) is 8.07. The molecule has 2 atom stereocenters. The second-order valence-corrected chi connectivity index (χ2v) is 9.03. The lowest BCUT2D eigenvalue weighted by molar-refractivity contribution is -0.166. The zero-order valence-electron chi connectivity index (χ0n) is 17.3. The molecule has 1 amide bonds. The summed E-state index contributed by atoms with van der Waals surface area (Å²) in [5.41, 5.74) is -0.495. The van der Waals surface area contributed by atoms with E-state index in [1.807, 2.05) is 0 Å². The topological polar surface area (TPSA) is 136 Å². The molecule has 0 saturated heterocycles. The zero-order chi connectivity index (χ0) is 22.6. The molecule has 0 saturated carbocycles. The number of amides is 1. The van der Waals surface area contributed by atoms with Gasteiger partial charge in [-0.3, -0.25) is 14.1 Å². The third-order valence-electron chi connectivity index (χ3n) is 4.04. The number of carbonyl (C=O) groups excluding carboxylic acids is 3. The van der Waals surface area contributed by atoms with Crippen molar-refractivity contribution in [2.24, 2.45) is 5.41 Å². The van der Waals surface area contributed by atoms with Crippen molar-refractivity contribution >= 4 is 33.5 Å². The first-order chi connectivity index (χ1) is 13.2. The van der Waals surface area contributed by atoms with Crippen molar-refractivity contribution in [3.8, 4) is 0 Å². The van der Waals surface area contributed by atoms with Gasteiger partial charge >= 0.3 is 5.97 Å². The van der Waals surface area contributed by atoms with Gasteiger partial charge < -0.3 is 14.8 Å². The third kappa shape index (κ3) is 7.22. The van der Waals surface area contributed by atoms with Crippen LogP contribution in [0.15, 0.2) is 23.1 Å². The summed E-state index contributed by atoms with van der Waals surface area (Å²) in [5, 5.41) is 2.34. The number of rotatable bonds is 8. The highest BCUT2D eigenvalue weighted by Gasteiger charge is 2.35. The molecule has 10 heteroatoms. The first-order valence-electron chi connectivity index (χ1n) is 8.82. The highest BCUT2D eigenvalue weighted by atomic mass is 32.2. The molecule has 0 aliphatic heterocycles. The van der Waals surface area contributed by atoms with E-state index < -0.39 is 56.7 Å². The van der Waals surface area contributed by atoms with Gasteiger partial charge in [-0.15, -0.1) is 0 Å². The number of ketones is 1. The number of nitrogens with one attached hydrogen (secondary N) is 1. The van der Waals surface area contributed by atoms with Crippen LogP contribution in [-0.4, -0.2) is 49.9 Å². The van der Waals surface area contributed by atoms with Gasteiger partial charge in [-0.05, 0) is 31.5 Å². The summed E-state index contributed by atoms with van der Waals surface area (Å²) in [6.45, 7) is 7.90. The first kappa shape index (κ1) is 24.7. The van der Waals surface area contributed by atoms with Crippen molar-refractivity contribution in [3.05, 3.63) is 23.8 Å². The van der Waals surface area contributed by atoms with Gasteiger partial charge in [0.15, 0.2) is 18.0 Å². The monoisotopic (exact) mass is 429 g/mol. The van der Waals surface area contributed by atoms with E-state index in [0.29, 0.717) is 5.56 Å².